The molecule has 1 aliphatic rings. The topological polar surface area (TPSA) is 55.2 Å². The Hall–Kier alpha value is -1.60. The number of aromatic nitrogens is 2. The molecule has 5 nitrogen and oxygen atoms in total. The highest BCUT2D eigenvalue weighted by molar-refractivity contribution is 7.99. The van der Waals surface area contributed by atoms with Crippen LogP contribution < -0.4 is 5.56 Å². The summed E-state index contributed by atoms with van der Waals surface area (Å²) >= 11 is 2.79. The van der Waals surface area contributed by atoms with E-state index >= 15 is 0 Å². The summed E-state index contributed by atoms with van der Waals surface area (Å²) in [5.74, 6) is 1.16. The number of carbonyl (C=O) groups is 1. The van der Waals surface area contributed by atoms with Gasteiger partial charge in [0.05, 0.1) is 11.1 Å². The number of thioether (sulfide) groups is 1. The number of hydrogen-bond acceptors (Lipinski definition) is 5. The molecule has 0 radical (unpaired) electrons. The molecule has 0 aliphatic heterocycles. The summed E-state index contributed by atoms with van der Waals surface area (Å²) in [5, 5.41) is 3.08. The zero-order valence-electron chi connectivity index (χ0n) is 15.3. The van der Waals surface area contributed by atoms with Gasteiger partial charge in [-0.05, 0) is 43.0 Å². The average Bonchev–Trinajstić information content (AvgIpc) is 3.11. The van der Waals surface area contributed by atoms with Crippen molar-refractivity contribution in [1.29, 1.82) is 0 Å². The smallest absolute Gasteiger partial charge is 0.263 e. The molecule has 0 N–H and O–H groups in total. The maximum absolute atomic E-state index is 12.6. The molecule has 2 aromatic heterocycles. The lowest BCUT2D eigenvalue weighted by Crippen LogP contribution is -2.40. The molecule has 1 fully saturated rings. The van der Waals surface area contributed by atoms with Gasteiger partial charge in [0.1, 0.15) is 4.83 Å². The summed E-state index contributed by atoms with van der Waals surface area (Å²) in [6.45, 7) is 6.40. The van der Waals surface area contributed by atoms with Crippen molar-refractivity contribution in [2.45, 2.75) is 50.4 Å². The predicted molar refractivity (Wildman–Crippen MR) is 109 cm³/mol. The van der Waals surface area contributed by atoms with Crippen LogP contribution in [0.2, 0.25) is 0 Å². The van der Waals surface area contributed by atoms with Gasteiger partial charge in [0, 0.05) is 19.6 Å². The molecule has 1 saturated carbocycles. The highest BCUT2D eigenvalue weighted by atomic mass is 32.2. The maximum Gasteiger partial charge on any atom is 0.263 e. The number of fused-ring (bicyclic) bond motifs is 1. The van der Waals surface area contributed by atoms with Crippen LogP contribution in [0.5, 0.6) is 0 Å². The van der Waals surface area contributed by atoms with Gasteiger partial charge >= 0.3 is 0 Å². The van der Waals surface area contributed by atoms with E-state index in [1.807, 2.05) is 17.3 Å². The Morgan fingerprint density at radius 3 is 2.88 bits per heavy atom. The molecule has 0 atom stereocenters. The zero-order valence-corrected chi connectivity index (χ0v) is 16.9. The average molecular weight is 392 g/mol. The van der Waals surface area contributed by atoms with Crippen molar-refractivity contribution in [2.24, 2.45) is 5.92 Å². The molecule has 0 bridgehead atoms. The highest BCUT2D eigenvalue weighted by Crippen LogP contribution is 2.27. The maximum atomic E-state index is 12.6. The Kier molecular flexibility index (Phi) is 6.19. The Morgan fingerprint density at radius 2 is 2.19 bits per heavy atom. The third-order valence-electron chi connectivity index (χ3n) is 5.11. The fourth-order valence-electron chi connectivity index (χ4n) is 3.39. The van der Waals surface area contributed by atoms with Crippen LogP contribution in [0.15, 0.2) is 34.1 Å². The molecule has 0 spiro atoms. The lowest BCUT2D eigenvalue weighted by molar-refractivity contribution is -0.129. The van der Waals surface area contributed by atoms with Crippen LogP contribution in [0.25, 0.3) is 10.2 Å². The number of nitrogens with zero attached hydrogens (tertiary/aromatic N) is 3. The Morgan fingerprint density at radius 1 is 1.46 bits per heavy atom. The lowest BCUT2D eigenvalue weighted by Gasteiger charge is -2.33. The summed E-state index contributed by atoms with van der Waals surface area (Å²) in [6.07, 6.45) is 6.21. The Balaban J connectivity index is 1.72. The monoisotopic (exact) mass is 391 g/mol. The fraction of sp³-hybridized carbons (Fsp3) is 0.526. The van der Waals surface area contributed by atoms with Crippen LogP contribution in [0, 0.1) is 5.92 Å². The molecule has 140 valence electrons. The molecular formula is C19H25N3O2S2. The van der Waals surface area contributed by atoms with Crippen molar-refractivity contribution >= 4 is 39.2 Å². The van der Waals surface area contributed by atoms with E-state index in [9.17, 15) is 9.59 Å². The minimum absolute atomic E-state index is 0.0688. The van der Waals surface area contributed by atoms with Crippen molar-refractivity contribution in [1.82, 2.24) is 14.5 Å². The molecule has 1 aliphatic carbocycles. The van der Waals surface area contributed by atoms with Crippen LogP contribution >= 0.6 is 23.1 Å². The van der Waals surface area contributed by atoms with E-state index in [-0.39, 0.29) is 11.5 Å². The minimum Gasteiger partial charge on any atom is -0.342 e. The van der Waals surface area contributed by atoms with Crippen LogP contribution in [-0.4, -0.2) is 39.2 Å². The summed E-state index contributed by atoms with van der Waals surface area (Å²) < 4.78 is 1.60. The van der Waals surface area contributed by atoms with E-state index < -0.39 is 0 Å². The molecular weight excluding hydrogens is 366 g/mol. The molecule has 3 rings (SSSR count). The van der Waals surface area contributed by atoms with Gasteiger partial charge in [-0.3, -0.25) is 14.2 Å². The lowest BCUT2D eigenvalue weighted by atomic mass is 9.87. The minimum atomic E-state index is -0.0688. The Bertz CT molecular complexity index is 850. The van der Waals surface area contributed by atoms with Gasteiger partial charge in [0.2, 0.25) is 5.91 Å². The van der Waals surface area contributed by atoms with Crippen LogP contribution in [0.1, 0.15) is 32.6 Å². The van der Waals surface area contributed by atoms with E-state index in [2.05, 4.69) is 18.5 Å². The van der Waals surface area contributed by atoms with Crippen LogP contribution in [0.3, 0.4) is 0 Å². The first-order chi connectivity index (χ1) is 12.5. The standard InChI is InChI=1S/C19H25N3O2S2/c1-4-10-22-18(24)15-9-11-25-17(15)20-19(22)26-12-16(23)21(3)14-7-5-13(2)6-8-14/h4,9,11,13-14H,1,5-8,10,12H2,2-3H3. The molecule has 0 saturated heterocycles. The predicted octanol–water partition coefficient (Wildman–Crippen LogP) is 3.77. The zero-order chi connectivity index (χ0) is 18.7. The molecule has 0 aromatic carbocycles. The summed E-state index contributed by atoms with van der Waals surface area (Å²) in [7, 11) is 1.90. The summed E-state index contributed by atoms with van der Waals surface area (Å²) in [5.41, 5.74) is -0.0688. The third kappa shape index (κ3) is 4.04. The van der Waals surface area contributed by atoms with E-state index in [0.29, 0.717) is 28.9 Å². The second-order valence-corrected chi connectivity index (χ2v) is 8.78. The van der Waals surface area contributed by atoms with Crippen molar-refractivity contribution in [3.63, 3.8) is 0 Å². The van der Waals surface area contributed by atoms with Gasteiger partial charge in [0.25, 0.3) is 5.56 Å². The number of allylic oxidation sites excluding steroid dienone is 1. The molecule has 1 amide bonds. The quantitative estimate of drug-likeness (QED) is 0.427. The van der Waals surface area contributed by atoms with Crippen molar-refractivity contribution < 1.29 is 4.79 Å². The van der Waals surface area contributed by atoms with Gasteiger partial charge in [0.15, 0.2) is 5.16 Å². The Labute approximate surface area is 162 Å². The van der Waals surface area contributed by atoms with Crippen molar-refractivity contribution in [3.8, 4) is 0 Å². The van der Waals surface area contributed by atoms with E-state index in [1.165, 1.54) is 35.9 Å². The SMILES string of the molecule is C=CCn1c(SCC(=O)N(C)C2CCC(C)CC2)nc2sccc2c1=O. The van der Waals surface area contributed by atoms with Gasteiger partial charge in [-0.2, -0.15) is 0 Å². The van der Waals surface area contributed by atoms with E-state index in [4.69, 9.17) is 0 Å². The van der Waals surface area contributed by atoms with Gasteiger partial charge in [-0.15, -0.1) is 17.9 Å². The molecule has 2 aromatic rings. The largest absolute Gasteiger partial charge is 0.342 e. The summed E-state index contributed by atoms with van der Waals surface area (Å²) in [4.78, 5) is 32.5. The first-order valence-electron chi connectivity index (χ1n) is 8.98. The van der Waals surface area contributed by atoms with Crippen LogP contribution in [0.4, 0.5) is 0 Å². The fourth-order valence-corrected chi connectivity index (χ4v) is 5.13. The number of hydrogen-bond donors (Lipinski definition) is 0. The van der Waals surface area contributed by atoms with Crippen molar-refractivity contribution in [2.75, 3.05) is 12.8 Å². The van der Waals surface area contributed by atoms with Gasteiger partial charge in [-0.1, -0.05) is 24.8 Å². The number of amides is 1. The number of thiophene rings is 1. The highest BCUT2D eigenvalue weighted by Gasteiger charge is 2.25. The third-order valence-corrected chi connectivity index (χ3v) is 6.88. The first-order valence-corrected chi connectivity index (χ1v) is 10.8. The van der Waals surface area contributed by atoms with Gasteiger partial charge < -0.3 is 4.90 Å². The molecule has 2 heterocycles. The van der Waals surface area contributed by atoms with E-state index in [1.54, 1.807) is 16.7 Å². The number of rotatable bonds is 6. The second-order valence-electron chi connectivity index (χ2n) is 6.95. The molecule has 26 heavy (non-hydrogen) atoms. The number of carbonyl (C=O) groups excluding carboxylic acids is 1. The van der Waals surface area contributed by atoms with E-state index in [0.717, 1.165) is 23.6 Å². The first kappa shape index (κ1) is 19.2. The van der Waals surface area contributed by atoms with Crippen LogP contribution in [-0.2, 0) is 11.3 Å². The molecule has 0 unspecified atom stereocenters. The second kappa shape index (κ2) is 8.39. The molecule has 7 heteroatoms. The normalized spacial score (nSPS) is 20.2. The van der Waals surface area contributed by atoms with Gasteiger partial charge in [-0.25, -0.2) is 4.98 Å². The summed E-state index contributed by atoms with van der Waals surface area (Å²) in [6, 6.07) is 2.13. The van der Waals surface area contributed by atoms with Crippen molar-refractivity contribution in [3.05, 3.63) is 34.5 Å².